The van der Waals surface area contributed by atoms with Crippen molar-refractivity contribution in [1.82, 2.24) is 14.8 Å². The average Bonchev–Trinajstić information content (AvgIpc) is 2.66. The molecule has 2 N–H and O–H groups in total. The van der Waals surface area contributed by atoms with Crippen LogP contribution in [0, 0.1) is 0 Å². The molecular weight excluding hydrogens is 188 g/mol. The average molecular weight is 202 g/mol. The number of rotatable bonds is 2. The highest BCUT2D eigenvalue weighted by Crippen LogP contribution is 2.19. The molecule has 0 aliphatic rings. The zero-order valence-electron chi connectivity index (χ0n) is 8.88. The minimum absolute atomic E-state index is 0.361. The first-order valence-corrected chi connectivity index (χ1v) is 4.93. The van der Waals surface area contributed by atoms with E-state index in [2.05, 4.69) is 23.9 Å². The maximum absolute atomic E-state index is 5.70. The van der Waals surface area contributed by atoms with Crippen molar-refractivity contribution in [3.63, 3.8) is 0 Å². The lowest BCUT2D eigenvalue weighted by molar-refractivity contribution is 0.532. The Bertz CT molecular complexity index is 459. The Balaban J connectivity index is 2.37. The van der Waals surface area contributed by atoms with Gasteiger partial charge in [-0.15, -0.1) is 0 Å². The van der Waals surface area contributed by atoms with Crippen molar-refractivity contribution in [2.45, 2.75) is 19.9 Å². The Morgan fingerprint density at radius 2 is 2.20 bits per heavy atom. The topological polar surface area (TPSA) is 56.7 Å². The van der Waals surface area contributed by atoms with Crippen LogP contribution in [0.3, 0.4) is 0 Å². The Kier molecular flexibility index (Phi) is 2.41. The summed E-state index contributed by atoms with van der Waals surface area (Å²) in [5.41, 5.74) is 8.27. The van der Waals surface area contributed by atoms with Crippen LogP contribution in [0.15, 0.2) is 30.7 Å². The van der Waals surface area contributed by atoms with Crippen molar-refractivity contribution in [3.8, 4) is 11.3 Å². The molecule has 0 aliphatic heterocycles. The first-order chi connectivity index (χ1) is 7.16. The monoisotopic (exact) mass is 202 g/mol. The van der Waals surface area contributed by atoms with Crippen molar-refractivity contribution in [3.05, 3.63) is 30.7 Å². The third-order valence-electron chi connectivity index (χ3n) is 2.21. The van der Waals surface area contributed by atoms with E-state index in [1.807, 2.05) is 23.1 Å². The van der Waals surface area contributed by atoms with E-state index in [0.717, 1.165) is 16.9 Å². The first kappa shape index (κ1) is 9.71. The van der Waals surface area contributed by atoms with Crippen LogP contribution in [-0.2, 0) is 0 Å². The first-order valence-electron chi connectivity index (χ1n) is 4.93. The van der Waals surface area contributed by atoms with Gasteiger partial charge in [0.05, 0.1) is 11.9 Å². The van der Waals surface area contributed by atoms with Crippen LogP contribution < -0.4 is 5.73 Å². The molecule has 0 amide bonds. The molecule has 78 valence electrons. The highest BCUT2D eigenvalue weighted by atomic mass is 15.3. The van der Waals surface area contributed by atoms with E-state index in [-0.39, 0.29) is 0 Å². The highest BCUT2D eigenvalue weighted by molar-refractivity contribution is 5.61. The summed E-state index contributed by atoms with van der Waals surface area (Å²) < 4.78 is 1.90. The van der Waals surface area contributed by atoms with E-state index in [1.54, 1.807) is 12.3 Å². The van der Waals surface area contributed by atoms with Gasteiger partial charge in [0, 0.05) is 29.7 Å². The number of hydrogen-bond acceptors (Lipinski definition) is 3. The van der Waals surface area contributed by atoms with Gasteiger partial charge in [0.1, 0.15) is 0 Å². The molecule has 0 aliphatic carbocycles. The minimum atomic E-state index is 0.361. The molecule has 0 radical (unpaired) electrons. The van der Waals surface area contributed by atoms with Gasteiger partial charge >= 0.3 is 0 Å². The smallest absolute Gasteiger partial charge is 0.0753 e. The molecule has 0 spiro atoms. The van der Waals surface area contributed by atoms with Crippen LogP contribution in [0.25, 0.3) is 11.3 Å². The van der Waals surface area contributed by atoms with E-state index in [9.17, 15) is 0 Å². The van der Waals surface area contributed by atoms with E-state index in [0.29, 0.717) is 6.04 Å². The summed E-state index contributed by atoms with van der Waals surface area (Å²) in [5.74, 6) is 0. The van der Waals surface area contributed by atoms with Gasteiger partial charge < -0.3 is 5.73 Å². The highest BCUT2D eigenvalue weighted by Gasteiger charge is 2.04. The van der Waals surface area contributed by atoms with E-state index in [1.165, 1.54) is 0 Å². The SMILES string of the molecule is CC(C)n1cc(-c2cc(N)ccn2)cn1. The Morgan fingerprint density at radius 3 is 2.80 bits per heavy atom. The standard InChI is InChI=1S/C11H14N4/c1-8(2)15-7-9(6-14-15)11-5-10(12)3-4-13-11/h3-8H,1-2H3,(H2,12,13). The molecule has 0 saturated heterocycles. The van der Waals surface area contributed by atoms with E-state index >= 15 is 0 Å². The molecule has 0 aromatic carbocycles. The van der Waals surface area contributed by atoms with Gasteiger partial charge in [0.25, 0.3) is 0 Å². The van der Waals surface area contributed by atoms with Gasteiger partial charge in [0.15, 0.2) is 0 Å². The molecule has 4 heteroatoms. The molecular formula is C11H14N4. The third kappa shape index (κ3) is 1.98. The van der Waals surface area contributed by atoms with Gasteiger partial charge in [-0.2, -0.15) is 5.10 Å². The summed E-state index contributed by atoms with van der Waals surface area (Å²) in [6, 6.07) is 3.98. The molecule has 0 saturated carbocycles. The Labute approximate surface area is 88.8 Å². The second-order valence-electron chi connectivity index (χ2n) is 3.78. The maximum Gasteiger partial charge on any atom is 0.0753 e. The summed E-state index contributed by atoms with van der Waals surface area (Å²) in [6.07, 6.45) is 5.49. The lowest BCUT2D eigenvalue weighted by atomic mass is 10.2. The van der Waals surface area contributed by atoms with Crippen molar-refractivity contribution in [1.29, 1.82) is 0 Å². The van der Waals surface area contributed by atoms with Crippen LogP contribution in [0.5, 0.6) is 0 Å². The largest absolute Gasteiger partial charge is 0.399 e. The molecule has 0 unspecified atom stereocenters. The van der Waals surface area contributed by atoms with Crippen LogP contribution in [0.2, 0.25) is 0 Å². The fourth-order valence-electron chi connectivity index (χ4n) is 1.36. The van der Waals surface area contributed by atoms with Crippen molar-refractivity contribution >= 4 is 5.69 Å². The molecule has 2 aromatic rings. The van der Waals surface area contributed by atoms with E-state index < -0.39 is 0 Å². The van der Waals surface area contributed by atoms with Gasteiger partial charge in [0.2, 0.25) is 0 Å². The summed E-state index contributed by atoms with van der Waals surface area (Å²) in [6.45, 7) is 4.17. The molecule has 15 heavy (non-hydrogen) atoms. The van der Waals surface area contributed by atoms with E-state index in [4.69, 9.17) is 5.73 Å². The number of aromatic nitrogens is 3. The number of nitrogen functional groups attached to an aromatic ring is 1. The second-order valence-corrected chi connectivity index (χ2v) is 3.78. The molecule has 0 fully saturated rings. The quantitative estimate of drug-likeness (QED) is 0.811. The number of anilines is 1. The maximum atomic E-state index is 5.70. The summed E-state index contributed by atoms with van der Waals surface area (Å²) in [5, 5.41) is 4.26. The van der Waals surface area contributed by atoms with Crippen LogP contribution >= 0.6 is 0 Å². The van der Waals surface area contributed by atoms with Gasteiger partial charge in [-0.05, 0) is 26.0 Å². The fraction of sp³-hybridized carbons (Fsp3) is 0.273. The van der Waals surface area contributed by atoms with Crippen molar-refractivity contribution in [2.24, 2.45) is 0 Å². The Morgan fingerprint density at radius 1 is 1.40 bits per heavy atom. The van der Waals surface area contributed by atoms with Crippen LogP contribution in [0.1, 0.15) is 19.9 Å². The fourth-order valence-corrected chi connectivity index (χ4v) is 1.36. The molecule has 2 heterocycles. The lowest BCUT2D eigenvalue weighted by Gasteiger charge is -2.03. The zero-order valence-corrected chi connectivity index (χ0v) is 8.88. The summed E-state index contributed by atoms with van der Waals surface area (Å²) in [4.78, 5) is 4.25. The normalized spacial score (nSPS) is 10.9. The lowest BCUT2D eigenvalue weighted by Crippen LogP contribution is -1.99. The zero-order chi connectivity index (χ0) is 10.8. The number of pyridine rings is 1. The molecule has 4 nitrogen and oxygen atoms in total. The number of hydrogen-bond donors (Lipinski definition) is 1. The van der Waals surface area contributed by atoms with Crippen molar-refractivity contribution < 1.29 is 0 Å². The number of nitrogens with zero attached hydrogens (tertiary/aromatic N) is 3. The summed E-state index contributed by atoms with van der Waals surface area (Å²) in [7, 11) is 0. The van der Waals surface area contributed by atoms with Gasteiger partial charge in [-0.3, -0.25) is 9.67 Å². The van der Waals surface area contributed by atoms with Gasteiger partial charge in [-0.25, -0.2) is 0 Å². The van der Waals surface area contributed by atoms with Crippen molar-refractivity contribution in [2.75, 3.05) is 5.73 Å². The third-order valence-corrected chi connectivity index (χ3v) is 2.21. The summed E-state index contributed by atoms with van der Waals surface area (Å²) >= 11 is 0. The number of nitrogens with two attached hydrogens (primary N) is 1. The van der Waals surface area contributed by atoms with Gasteiger partial charge in [-0.1, -0.05) is 0 Å². The minimum Gasteiger partial charge on any atom is -0.399 e. The molecule has 0 bridgehead atoms. The predicted molar refractivity (Wildman–Crippen MR) is 60.3 cm³/mol. The second kappa shape index (κ2) is 3.73. The molecule has 0 atom stereocenters. The molecule has 2 rings (SSSR count). The Hall–Kier alpha value is -1.84. The van der Waals surface area contributed by atoms with Crippen LogP contribution in [-0.4, -0.2) is 14.8 Å². The molecule has 2 aromatic heterocycles. The predicted octanol–water partition coefficient (Wildman–Crippen LogP) is 2.11. The van der Waals surface area contributed by atoms with Crippen LogP contribution in [0.4, 0.5) is 5.69 Å².